The molecular weight excluding hydrogens is 269 g/mol. The van der Waals surface area contributed by atoms with E-state index in [4.69, 9.17) is 4.52 Å². The Morgan fingerprint density at radius 1 is 1.00 bits per heavy atom. The standard InChI is InChI=1S/C16H12FN3O/c17-14-3-1-2-10(7-14)15-19-16(21-20-15)11-4-5-12-8-18-9-13(12)6-11/h1-7,18H,8-9H2. The van der Waals surface area contributed by atoms with E-state index in [1.807, 2.05) is 6.07 Å². The van der Waals surface area contributed by atoms with Crippen LogP contribution in [-0.2, 0) is 13.1 Å². The first-order valence-corrected chi connectivity index (χ1v) is 6.72. The Hall–Kier alpha value is -2.53. The molecule has 1 aliphatic rings. The number of fused-ring (bicyclic) bond motifs is 1. The van der Waals surface area contributed by atoms with Gasteiger partial charge in [0.2, 0.25) is 5.82 Å². The summed E-state index contributed by atoms with van der Waals surface area (Å²) >= 11 is 0. The van der Waals surface area contributed by atoms with E-state index < -0.39 is 0 Å². The van der Waals surface area contributed by atoms with Crippen LogP contribution in [0.25, 0.3) is 22.8 Å². The number of rotatable bonds is 2. The zero-order valence-electron chi connectivity index (χ0n) is 11.1. The molecule has 2 heterocycles. The van der Waals surface area contributed by atoms with Gasteiger partial charge in [-0.15, -0.1) is 0 Å². The molecule has 5 heteroatoms. The number of nitrogens with zero attached hydrogens (tertiary/aromatic N) is 2. The lowest BCUT2D eigenvalue weighted by Gasteiger charge is -1.99. The molecule has 0 saturated carbocycles. The fraction of sp³-hybridized carbons (Fsp3) is 0.125. The number of benzene rings is 2. The molecule has 0 radical (unpaired) electrons. The SMILES string of the molecule is Fc1cccc(-c2noc(-c3ccc4c(c3)CNC4)n2)c1. The second-order valence-electron chi connectivity index (χ2n) is 5.02. The third kappa shape index (κ3) is 2.21. The smallest absolute Gasteiger partial charge is 0.258 e. The van der Waals surface area contributed by atoms with Gasteiger partial charge >= 0.3 is 0 Å². The molecule has 2 aromatic carbocycles. The maximum absolute atomic E-state index is 13.2. The first kappa shape index (κ1) is 12.2. The van der Waals surface area contributed by atoms with Gasteiger partial charge in [0.15, 0.2) is 0 Å². The highest BCUT2D eigenvalue weighted by Crippen LogP contribution is 2.26. The van der Waals surface area contributed by atoms with Crippen LogP contribution < -0.4 is 5.32 Å². The van der Waals surface area contributed by atoms with Crippen molar-refractivity contribution in [2.24, 2.45) is 0 Å². The van der Waals surface area contributed by atoms with E-state index in [1.165, 1.54) is 23.3 Å². The molecular formula is C16H12FN3O. The molecule has 0 bridgehead atoms. The highest BCUT2D eigenvalue weighted by Gasteiger charge is 2.15. The molecule has 1 aromatic heterocycles. The van der Waals surface area contributed by atoms with Crippen LogP contribution in [0.15, 0.2) is 47.0 Å². The van der Waals surface area contributed by atoms with Crippen molar-refractivity contribution >= 4 is 0 Å². The zero-order valence-corrected chi connectivity index (χ0v) is 11.1. The number of halogens is 1. The summed E-state index contributed by atoms with van der Waals surface area (Å²) in [5.41, 5.74) is 4.03. The summed E-state index contributed by atoms with van der Waals surface area (Å²) in [5.74, 6) is 0.523. The van der Waals surface area contributed by atoms with Crippen LogP contribution in [0.4, 0.5) is 4.39 Å². The van der Waals surface area contributed by atoms with Crippen molar-refractivity contribution in [1.29, 1.82) is 0 Å². The average Bonchev–Trinajstić information content (AvgIpc) is 3.15. The van der Waals surface area contributed by atoms with Gasteiger partial charge in [-0.25, -0.2) is 4.39 Å². The van der Waals surface area contributed by atoms with Gasteiger partial charge in [0, 0.05) is 24.2 Å². The lowest BCUT2D eigenvalue weighted by Crippen LogP contribution is -1.99. The molecule has 0 aliphatic carbocycles. The molecule has 4 nitrogen and oxygen atoms in total. The van der Waals surface area contributed by atoms with E-state index in [9.17, 15) is 4.39 Å². The van der Waals surface area contributed by atoms with Crippen LogP contribution in [0.1, 0.15) is 11.1 Å². The van der Waals surface area contributed by atoms with Crippen molar-refractivity contribution in [3.63, 3.8) is 0 Å². The highest BCUT2D eigenvalue weighted by atomic mass is 19.1. The van der Waals surface area contributed by atoms with Gasteiger partial charge in [-0.05, 0) is 35.4 Å². The van der Waals surface area contributed by atoms with E-state index in [1.54, 1.807) is 12.1 Å². The highest BCUT2D eigenvalue weighted by molar-refractivity contribution is 5.61. The normalized spacial score (nSPS) is 13.4. The number of nitrogens with one attached hydrogen (secondary N) is 1. The van der Waals surface area contributed by atoms with Gasteiger partial charge in [-0.2, -0.15) is 4.98 Å². The van der Waals surface area contributed by atoms with E-state index in [-0.39, 0.29) is 5.82 Å². The quantitative estimate of drug-likeness (QED) is 0.784. The van der Waals surface area contributed by atoms with Crippen molar-refractivity contribution < 1.29 is 8.91 Å². The minimum Gasteiger partial charge on any atom is -0.334 e. The molecule has 0 saturated heterocycles. The van der Waals surface area contributed by atoms with Crippen molar-refractivity contribution in [2.45, 2.75) is 13.1 Å². The third-order valence-corrected chi connectivity index (χ3v) is 3.59. The van der Waals surface area contributed by atoms with Gasteiger partial charge < -0.3 is 9.84 Å². The predicted molar refractivity (Wildman–Crippen MR) is 75.7 cm³/mol. The lowest BCUT2D eigenvalue weighted by molar-refractivity contribution is 0.432. The van der Waals surface area contributed by atoms with Crippen molar-refractivity contribution in [3.8, 4) is 22.8 Å². The van der Waals surface area contributed by atoms with E-state index in [2.05, 4.69) is 27.6 Å². The summed E-state index contributed by atoms with van der Waals surface area (Å²) < 4.78 is 18.5. The Balaban J connectivity index is 1.71. The Bertz CT molecular complexity index is 813. The molecule has 0 spiro atoms. The summed E-state index contributed by atoms with van der Waals surface area (Å²) in [4.78, 5) is 4.35. The molecule has 0 fully saturated rings. The molecule has 21 heavy (non-hydrogen) atoms. The molecule has 0 amide bonds. The minimum atomic E-state index is -0.317. The average molecular weight is 281 g/mol. The molecule has 1 N–H and O–H groups in total. The van der Waals surface area contributed by atoms with Gasteiger partial charge in [-0.3, -0.25) is 0 Å². The monoisotopic (exact) mass is 281 g/mol. The fourth-order valence-corrected chi connectivity index (χ4v) is 2.51. The first-order chi connectivity index (χ1) is 10.3. The first-order valence-electron chi connectivity index (χ1n) is 6.72. The summed E-state index contributed by atoms with van der Waals surface area (Å²) in [6.45, 7) is 1.75. The van der Waals surface area contributed by atoms with Crippen molar-refractivity contribution in [1.82, 2.24) is 15.5 Å². The van der Waals surface area contributed by atoms with Gasteiger partial charge in [0.25, 0.3) is 5.89 Å². The van der Waals surface area contributed by atoms with Crippen molar-refractivity contribution in [3.05, 3.63) is 59.4 Å². The van der Waals surface area contributed by atoms with Crippen LogP contribution in [0.2, 0.25) is 0 Å². The summed E-state index contributed by atoms with van der Waals surface area (Å²) in [7, 11) is 0. The Morgan fingerprint density at radius 2 is 1.90 bits per heavy atom. The zero-order chi connectivity index (χ0) is 14.2. The second-order valence-corrected chi connectivity index (χ2v) is 5.02. The summed E-state index contributed by atoms with van der Waals surface area (Å²) in [6, 6.07) is 12.2. The van der Waals surface area contributed by atoms with Crippen LogP contribution in [0, 0.1) is 5.82 Å². The Kier molecular flexibility index (Phi) is 2.79. The molecule has 3 aromatic rings. The number of aromatic nitrogens is 2. The second kappa shape index (κ2) is 4.79. The summed E-state index contributed by atoms with van der Waals surface area (Å²) in [6.07, 6.45) is 0. The molecule has 104 valence electrons. The Morgan fingerprint density at radius 3 is 2.81 bits per heavy atom. The maximum Gasteiger partial charge on any atom is 0.258 e. The summed E-state index contributed by atoms with van der Waals surface area (Å²) in [5, 5.41) is 7.22. The third-order valence-electron chi connectivity index (χ3n) is 3.59. The number of hydrogen-bond donors (Lipinski definition) is 1. The van der Waals surface area contributed by atoms with Gasteiger partial charge in [-0.1, -0.05) is 23.4 Å². The van der Waals surface area contributed by atoms with Gasteiger partial charge in [0.1, 0.15) is 5.82 Å². The molecule has 1 aliphatic heterocycles. The fourth-order valence-electron chi connectivity index (χ4n) is 2.51. The minimum absolute atomic E-state index is 0.317. The van der Waals surface area contributed by atoms with Crippen molar-refractivity contribution in [2.75, 3.05) is 0 Å². The van der Waals surface area contributed by atoms with Gasteiger partial charge in [0.05, 0.1) is 0 Å². The lowest BCUT2D eigenvalue weighted by atomic mass is 10.1. The molecule has 0 atom stereocenters. The topological polar surface area (TPSA) is 51.0 Å². The molecule has 4 rings (SSSR count). The van der Waals surface area contributed by atoms with Crippen LogP contribution >= 0.6 is 0 Å². The van der Waals surface area contributed by atoms with Crippen LogP contribution in [0.3, 0.4) is 0 Å². The largest absolute Gasteiger partial charge is 0.334 e. The molecule has 0 unspecified atom stereocenters. The van der Waals surface area contributed by atoms with Crippen LogP contribution in [-0.4, -0.2) is 10.1 Å². The van der Waals surface area contributed by atoms with Crippen LogP contribution in [0.5, 0.6) is 0 Å². The Labute approximate surface area is 120 Å². The predicted octanol–water partition coefficient (Wildman–Crippen LogP) is 3.15. The van der Waals surface area contributed by atoms with E-state index in [0.29, 0.717) is 17.3 Å². The van der Waals surface area contributed by atoms with E-state index in [0.717, 1.165) is 18.7 Å². The van der Waals surface area contributed by atoms with E-state index >= 15 is 0 Å². The number of hydrogen-bond acceptors (Lipinski definition) is 4. The maximum atomic E-state index is 13.2.